The van der Waals surface area contributed by atoms with Crippen molar-refractivity contribution in [3.63, 3.8) is 0 Å². The van der Waals surface area contributed by atoms with E-state index in [9.17, 15) is 5.11 Å². The van der Waals surface area contributed by atoms with Crippen LogP contribution in [0.25, 0.3) is 5.57 Å². The fourth-order valence-corrected chi connectivity index (χ4v) is 5.31. The highest BCUT2D eigenvalue weighted by Gasteiger charge is 2.42. The molecule has 2 aliphatic rings. The van der Waals surface area contributed by atoms with E-state index in [0.29, 0.717) is 10.5 Å². The molecule has 0 aromatic heterocycles. The summed E-state index contributed by atoms with van der Waals surface area (Å²) in [4.78, 5) is 0. The number of hydrogen-bond donors (Lipinski definition) is 1. The predicted octanol–water partition coefficient (Wildman–Crippen LogP) is 4.36. The first kappa shape index (κ1) is 13.3. The summed E-state index contributed by atoms with van der Waals surface area (Å²) in [5.41, 5.74) is 2.73. The minimum absolute atomic E-state index is 0.603. The molecule has 2 fully saturated rings. The van der Waals surface area contributed by atoms with Gasteiger partial charge in [0, 0.05) is 10.5 Å². The van der Waals surface area contributed by atoms with Gasteiger partial charge in [0.2, 0.25) is 0 Å². The number of benzene rings is 1. The molecule has 2 saturated heterocycles. The van der Waals surface area contributed by atoms with Crippen molar-refractivity contribution in [1.82, 2.24) is 0 Å². The molecular weight excluding hydrogens is 252 g/mol. The Kier molecular flexibility index (Phi) is 3.48. The van der Waals surface area contributed by atoms with E-state index >= 15 is 0 Å². The van der Waals surface area contributed by atoms with Crippen molar-refractivity contribution in [3.8, 4) is 0 Å². The summed E-state index contributed by atoms with van der Waals surface area (Å²) in [5.74, 6) is 0. The summed E-state index contributed by atoms with van der Waals surface area (Å²) in [5, 5.41) is 12.3. The SMILES string of the molecule is C=C(C)c1ccc(C2(O)CC3CCCC(C2)S3)cc1. The van der Waals surface area contributed by atoms with Gasteiger partial charge in [-0.15, -0.1) is 0 Å². The number of fused-ring (bicyclic) bond motifs is 2. The molecule has 2 heteroatoms. The highest BCUT2D eigenvalue weighted by Crippen LogP contribution is 2.49. The zero-order valence-corrected chi connectivity index (χ0v) is 12.4. The van der Waals surface area contributed by atoms with Crippen LogP contribution in [0.4, 0.5) is 0 Å². The van der Waals surface area contributed by atoms with Gasteiger partial charge in [-0.05, 0) is 43.7 Å². The lowest BCUT2D eigenvalue weighted by Gasteiger charge is -2.44. The summed E-state index contributed by atoms with van der Waals surface area (Å²) < 4.78 is 0. The van der Waals surface area contributed by atoms with E-state index in [1.54, 1.807) is 0 Å². The van der Waals surface area contributed by atoms with E-state index in [1.165, 1.54) is 19.3 Å². The molecule has 102 valence electrons. The second-order valence-electron chi connectivity index (χ2n) is 6.11. The van der Waals surface area contributed by atoms with E-state index < -0.39 is 5.60 Å². The molecule has 0 spiro atoms. The maximum atomic E-state index is 11.0. The van der Waals surface area contributed by atoms with Crippen LogP contribution in [0.5, 0.6) is 0 Å². The van der Waals surface area contributed by atoms with Gasteiger partial charge >= 0.3 is 0 Å². The third-order valence-corrected chi connectivity index (χ3v) is 6.06. The van der Waals surface area contributed by atoms with Crippen LogP contribution in [0.2, 0.25) is 0 Å². The van der Waals surface area contributed by atoms with Crippen molar-refractivity contribution < 1.29 is 5.11 Å². The second kappa shape index (κ2) is 4.99. The smallest absolute Gasteiger partial charge is 0.0917 e. The monoisotopic (exact) mass is 274 g/mol. The van der Waals surface area contributed by atoms with Crippen molar-refractivity contribution in [3.05, 3.63) is 42.0 Å². The van der Waals surface area contributed by atoms with Crippen molar-refractivity contribution in [2.75, 3.05) is 0 Å². The summed E-state index contributed by atoms with van der Waals surface area (Å²) in [6, 6.07) is 8.37. The first-order chi connectivity index (χ1) is 9.07. The van der Waals surface area contributed by atoms with Gasteiger partial charge in [0.1, 0.15) is 0 Å². The van der Waals surface area contributed by atoms with Crippen LogP contribution in [-0.4, -0.2) is 15.6 Å². The van der Waals surface area contributed by atoms with Crippen LogP contribution in [-0.2, 0) is 5.60 Å². The Hall–Kier alpha value is -0.730. The average molecular weight is 274 g/mol. The fourth-order valence-electron chi connectivity index (χ4n) is 3.42. The standard InChI is InChI=1S/C17H22OS/c1-12(2)13-6-8-14(9-7-13)17(18)10-15-4-3-5-16(11-17)19-15/h6-9,15-16,18H,1,3-5,10-11H2,2H3. The van der Waals surface area contributed by atoms with Crippen LogP contribution in [0.1, 0.15) is 50.2 Å². The number of allylic oxidation sites excluding steroid dienone is 1. The van der Waals surface area contributed by atoms with Crippen LogP contribution in [0.15, 0.2) is 30.8 Å². The number of aliphatic hydroxyl groups is 1. The Morgan fingerprint density at radius 3 is 2.32 bits per heavy atom. The highest BCUT2D eigenvalue weighted by molar-refractivity contribution is 8.00. The zero-order chi connectivity index (χ0) is 13.5. The molecule has 0 amide bonds. The molecule has 3 rings (SSSR count). The van der Waals surface area contributed by atoms with E-state index in [-0.39, 0.29) is 0 Å². The first-order valence-electron chi connectivity index (χ1n) is 7.21. The maximum Gasteiger partial charge on any atom is 0.0917 e. The summed E-state index contributed by atoms with van der Waals surface area (Å²) in [6.07, 6.45) is 5.72. The Balaban J connectivity index is 1.85. The van der Waals surface area contributed by atoms with Crippen LogP contribution in [0.3, 0.4) is 0 Å². The minimum Gasteiger partial charge on any atom is -0.385 e. The Morgan fingerprint density at radius 1 is 1.21 bits per heavy atom. The van der Waals surface area contributed by atoms with Crippen molar-refractivity contribution in [1.29, 1.82) is 0 Å². The Morgan fingerprint density at radius 2 is 1.79 bits per heavy atom. The number of thioether (sulfide) groups is 1. The average Bonchev–Trinajstić information content (AvgIpc) is 2.38. The van der Waals surface area contributed by atoms with Gasteiger partial charge in [-0.3, -0.25) is 0 Å². The van der Waals surface area contributed by atoms with Gasteiger partial charge in [0.05, 0.1) is 5.60 Å². The van der Waals surface area contributed by atoms with E-state index in [1.807, 2.05) is 6.92 Å². The molecule has 0 radical (unpaired) electrons. The normalized spacial score (nSPS) is 34.0. The topological polar surface area (TPSA) is 20.2 Å². The van der Waals surface area contributed by atoms with Gasteiger partial charge in [0.25, 0.3) is 0 Å². The predicted molar refractivity (Wildman–Crippen MR) is 83.3 cm³/mol. The molecule has 1 N–H and O–H groups in total. The van der Waals surface area contributed by atoms with Gasteiger partial charge in [0.15, 0.2) is 0 Å². The third kappa shape index (κ3) is 2.61. The molecular formula is C17H22OS. The minimum atomic E-state index is -0.603. The molecule has 2 bridgehead atoms. The van der Waals surface area contributed by atoms with Crippen molar-refractivity contribution >= 4 is 17.3 Å². The third-order valence-electron chi connectivity index (χ3n) is 4.48. The van der Waals surface area contributed by atoms with E-state index in [4.69, 9.17) is 0 Å². The molecule has 0 aliphatic carbocycles. The summed E-state index contributed by atoms with van der Waals surface area (Å²) in [6.45, 7) is 5.98. The number of rotatable bonds is 2. The van der Waals surface area contributed by atoms with Crippen LogP contribution >= 0.6 is 11.8 Å². The summed E-state index contributed by atoms with van der Waals surface area (Å²) in [7, 11) is 0. The maximum absolute atomic E-state index is 11.0. The highest BCUT2D eigenvalue weighted by atomic mass is 32.2. The summed E-state index contributed by atoms with van der Waals surface area (Å²) >= 11 is 2.10. The quantitative estimate of drug-likeness (QED) is 0.865. The molecule has 19 heavy (non-hydrogen) atoms. The lowest BCUT2D eigenvalue weighted by molar-refractivity contribution is 0.00813. The van der Waals surface area contributed by atoms with E-state index in [0.717, 1.165) is 29.5 Å². The van der Waals surface area contributed by atoms with Gasteiger partial charge in [-0.25, -0.2) is 0 Å². The lowest BCUT2D eigenvalue weighted by Crippen LogP contribution is -2.40. The molecule has 1 aromatic rings. The first-order valence-corrected chi connectivity index (χ1v) is 8.15. The lowest BCUT2D eigenvalue weighted by atomic mass is 9.80. The van der Waals surface area contributed by atoms with Gasteiger partial charge in [-0.1, -0.05) is 42.8 Å². The molecule has 2 atom stereocenters. The molecule has 1 nitrogen and oxygen atoms in total. The molecule has 2 unspecified atom stereocenters. The van der Waals surface area contributed by atoms with Gasteiger partial charge < -0.3 is 5.11 Å². The van der Waals surface area contributed by atoms with Crippen molar-refractivity contribution in [2.24, 2.45) is 0 Å². The largest absolute Gasteiger partial charge is 0.385 e. The van der Waals surface area contributed by atoms with Crippen LogP contribution in [0, 0.1) is 0 Å². The van der Waals surface area contributed by atoms with E-state index in [2.05, 4.69) is 42.6 Å². The Bertz CT molecular complexity index is 465. The molecule has 1 aromatic carbocycles. The molecule has 2 aliphatic heterocycles. The van der Waals surface area contributed by atoms with Crippen molar-refractivity contribution in [2.45, 2.75) is 55.1 Å². The molecule has 2 heterocycles. The zero-order valence-electron chi connectivity index (χ0n) is 11.6. The molecule has 0 saturated carbocycles. The number of hydrogen-bond acceptors (Lipinski definition) is 2. The Labute approximate surface area is 120 Å². The second-order valence-corrected chi connectivity index (χ2v) is 7.71. The van der Waals surface area contributed by atoms with Crippen LogP contribution < -0.4 is 0 Å². The van der Waals surface area contributed by atoms with Gasteiger partial charge in [-0.2, -0.15) is 11.8 Å². The fraction of sp³-hybridized carbons (Fsp3) is 0.529.